The van der Waals surface area contributed by atoms with Gasteiger partial charge >= 0.3 is 0 Å². The summed E-state index contributed by atoms with van der Waals surface area (Å²) in [6.07, 6.45) is 6.72. The molecule has 0 aliphatic heterocycles. The van der Waals surface area contributed by atoms with Gasteiger partial charge in [-0.15, -0.1) is 0 Å². The first-order chi connectivity index (χ1) is 18.4. The third-order valence-corrected chi connectivity index (χ3v) is 8.33. The summed E-state index contributed by atoms with van der Waals surface area (Å²) in [6, 6.07) is 17.2. The smallest absolute Gasteiger partial charge is 0.202 e. The van der Waals surface area contributed by atoms with Crippen LogP contribution in [0.15, 0.2) is 60.9 Å². The Morgan fingerprint density at radius 1 is 0.600 bits per heavy atom. The van der Waals surface area contributed by atoms with Crippen LogP contribution in [0.5, 0.6) is 11.5 Å². The van der Waals surface area contributed by atoms with E-state index in [2.05, 4.69) is 95.0 Å². The minimum Gasteiger partial charge on any atom is -1.00 e. The van der Waals surface area contributed by atoms with Gasteiger partial charge in [-0.1, -0.05) is 0 Å². The number of unbranched alkanes of at least 4 members (excludes halogenated alkanes) is 1. The topological polar surface area (TPSA) is 36.1 Å². The highest BCUT2D eigenvalue weighted by Crippen LogP contribution is 2.32. The Morgan fingerprint density at radius 3 is 1.38 bits per heavy atom. The number of rotatable bonds is 7. The van der Waals surface area contributed by atoms with Crippen LogP contribution < -0.4 is 52.6 Å². The van der Waals surface area contributed by atoms with Crippen LogP contribution in [0.3, 0.4) is 0 Å². The molecule has 6 aromatic rings. The highest BCUT2D eigenvalue weighted by molar-refractivity contribution is 6.09. The zero-order chi connectivity index (χ0) is 26.6. The van der Waals surface area contributed by atoms with E-state index in [1.165, 1.54) is 55.0 Å². The van der Waals surface area contributed by atoms with Gasteiger partial charge in [0, 0.05) is 86.6 Å². The highest BCUT2D eigenvalue weighted by atomic mass is 79.9. The first-order valence-electron chi connectivity index (χ1n) is 13.3. The van der Waals surface area contributed by atoms with Crippen molar-refractivity contribution in [1.82, 2.24) is 9.13 Å². The van der Waals surface area contributed by atoms with Crippen LogP contribution >= 0.6 is 0 Å². The third kappa shape index (κ3) is 4.75. The summed E-state index contributed by atoms with van der Waals surface area (Å²) >= 11 is 0. The van der Waals surface area contributed by atoms with Crippen LogP contribution in [-0.2, 0) is 27.2 Å². The highest BCUT2D eigenvalue weighted by Gasteiger charge is 2.20. The minimum absolute atomic E-state index is 0. The number of hydrogen-bond donors (Lipinski definition) is 0. The lowest BCUT2D eigenvalue weighted by molar-refractivity contribution is -0.712. The van der Waals surface area contributed by atoms with Crippen molar-refractivity contribution in [2.24, 2.45) is 14.1 Å². The molecule has 0 N–H and O–H groups in total. The van der Waals surface area contributed by atoms with Gasteiger partial charge in [0.2, 0.25) is 11.4 Å². The van der Waals surface area contributed by atoms with Crippen molar-refractivity contribution in [2.45, 2.75) is 39.8 Å². The van der Waals surface area contributed by atoms with Crippen molar-refractivity contribution < 1.29 is 52.6 Å². The number of fused-ring (bicyclic) bond motifs is 6. The summed E-state index contributed by atoms with van der Waals surface area (Å²) in [6.45, 7) is 6.48. The molecule has 0 aliphatic rings. The van der Waals surface area contributed by atoms with Gasteiger partial charge in [-0.05, 0) is 24.3 Å². The molecular formula is C32H36Br2N4O2. The molecule has 0 saturated heterocycles. The first kappa shape index (κ1) is 29.9. The van der Waals surface area contributed by atoms with E-state index in [9.17, 15) is 0 Å². The first-order valence-corrected chi connectivity index (χ1v) is 13.3. The number of benzene rings is 2. The summed E-state index contributed by atoms with van der Waals surface area (Å²) < 4.78 is 20.3. The third-order valence-electron chi connectivity index (χ3n) is 8.33. The van der Waals surface area contributed by atoms with Crippen molar-refractivity contribution in [3.8, 4) is 11.5 Å². The Hall–Kier alpha value is -3.10. The molecule has 40 heavy (non-hydrogen) atoms. The maximum absolute atomic E-state index is 5.47. The van der Waals surface area contributed by atoms with Gasteiger partial charge in [0.05, 0.1) is 25.3 Å². The molecule has 4 heterocycles. The Kier molecular flexibility index (Phi) is 8.80. The Bertz CT molecular complexity index is 1720. The molecule has 0 bridgehead atoms. The summed E-state index contributed by atoms with van der Waals surface area (Å²) in [4.78, 5) is 0. The van der Waals surface area contributed by atoms with Crippen molar-refractivity contribution >= 4 is 43.6 Å². The van der Waals surface area contributed by atoms with Gasteiger partial charge in [0.25, 0.3) is 0 Å². The average Bonchev–Trinajstić information content (AvgIpc) is 3.39. The molecule has 6 rings (SSSR count). The molecule has 0 spiro atoms. The van der Waals surface area contributed by atoms with Crippen molar-refractivity contribution in [1.29, 1.82) is 0 Å². The number of nitrogens with zero attached hydrogens (tertiary/aromatic N) is 4. The molecule has 0 saturated carbocycles. The van der Waals surface area contributed by atoms with Gasteiger partial charge in [-0.3, -0.25) is 0 Å². The average molecular weight is 668 g/mol. The molecule has 0 unspecified atom stereocenters. The lowest BCUT2D eigenvalue weighted by atomic mass is 10.1. The molecule has 4 aromatic heterocycles. The molecule has 8 heteroatoms. The monoisotopic (exact) mass is 666 g/mol. The maximum atomic E-state index is 5.47. The second-order valence-corrected chi connectivity index (χ2v) is 10.3. The van der Waals surface area contributed by atoms with E-state index in [4.69, 9.17) is 9.47 Å². The number of methoxy groups -OCH3 is 2. The number of hydrogen-bond acceptors (Lipinski definition) is 2. The molecule has 210 valence electrons. The number of ether oxygens (including phenoxy) is 2. The Labute approximate surface area is 256 Å². The van der Waals surface area contributed by atoms with Crippen LogP contribution in [0.4, 0.5) is 0 Å². The van der Waals surface area contributed by atoms with Crippen LogP contribution in [0.2, 0.25) is 0 Å². The SMILES string of the molecule is COc1ccc2c3cc[n+](CCCC[n+]4ccc5c6ccc(OC)cc6n(C)c5c4C)c(C)c3n(C)c2c1.[Br-].[Br-]. The Balaban J connectivity index is 0.00000185. The quantitative estimate of drug-likeness (QED) is 0.173. The fraction of sp³-hybridized carbons (Fsp3) is 0.312. The van der Waals surface area contributed by atoms with Gasteiger partial charge in [0.15, 0.2) is 12.4 Å². The summed E-state index contributed by atoms with van der Waals surface area (Å²) in [5.41, 5.74) is 7.59. The Morgan fingerprint density at radius 2 is 1.00 bits per heavy atom. The maximum Gasteiger partial charge on any atom is 0.202 e. The summed E-state index contributed by atoms with van der Waals surface area (Å²) in [5, 5.41) is 5.14. The van der Waals surface area contributed by atoms with Crippen molar-refractivity contribution in [3.05, 3.63) is 72.3 Å². The van der Waals surface area contributed by atoms with E-state index in [0.29, 0.717) is 0 Å². The van der Waals surface area contributed by atoms with Gasteiger partial charge < -0.3 is 52.6 Å². The van der Waals surface area contributed by atoms with Crippen LogP contribution in [0, 0.1) is 13.8 Å². The molecule has 2 aromatic carbocycles. The number of pyridine rings is 2. The van der Waals surface area contributed by atoms with Gasteiger partial charge in [-0.2, -0.15) is 0 Å². The minimum atomic E-state index is 0. The largest absolute Gasteiger partial charge is 1.00 e. The second kappa shape index (κ2) is 11.8. The van der Waals surface area contributed by atoms with E-state index in [1.54, 1.807) is 14.2 Å². The van der Waals surface area contributed by atoms with Gasteiger partial charge in [0.1, 0.15) is 35.6 Å². The zero-order valence-electron chi connectivity index (χ0n) is 24.0. The molecule has 0 atom stereocenters. The predicted octanol–water partition coefficient (Wildman–Crippen LogP) is -0.326. The number of aryl methyl sites for hydroxylation is 6. The van der Waals surface area contributed by atoms with Gasteiger partial charge in [-0.25, -0.2) is 9.13 Å². The molecule has 0 aliphatic carbocycles. The second-order valence-electron chi connectivity index (χ2n) is 10.3. The molecule has 0 fully saturated rings. The fourth-order valence-electron chi connectivity index (χ4n) is 6.23. The van der Waals surface area contributed by atoms with Crippen molar-refractivity contribution in [2.75, 3.05) is 14.2 Å². The molecular weight excluding hydrogens is 632 g/mol. The standard InChI is InChI=1S/C32H36N4O2.2BrH/c1-21-31-27(25-11-9-23(37-5)19-29(25)33(31)3)13-17-35(21)15-7-8-16-36-18-14-28-26-12-10-24(38-6)20-30(26)34(4)32(28)22(36)2;;/h9-14,17-20H,7-8,15-16H2,1-6H3;2*1H/q+2;;/p-2. The van der Waals surface area contributed by atoms with Crippen LogP contribution in [0.1, 0.15) is 24.2 Å². The molecule has 0 radical (unpaired) electrons. The molecule has 6 nitrogen and oxygen atoms in total. The predicted molar refractivity (Wildman–Crippen MR) is 153 cm³/mol. The lowest BCUT2D eigenvalue weighted by Gasteiger charge is -2.06. The lowest BCUT2D eigenvalue weighted by Crippen LogP contribution is -3.00. The normalized spacial score (nSPS) is 11.2. The zero-order valence-corrected chi connectivity index (χ0v) is 27.1. The van der Waals surface area contributed by atoms with Crippen molar-refractivity contribution in [3.63, 3.8) is 0 Å². The van der Waals surface area contributed by atoms with E-state index < -0.39 is 0 Å². The van der Waals surface area contributed by atoms with E-state index >= 15 is 0 Å². The number of aromatic nitrogens is 4. The van der Waals surface area contributed by atoms with E-state index in [-0.39, 0.29) is 34.0 Å². The van der Waals surface area contributed by atoms with Crippen LogP contribution in [-0.4, -0.2) is 23.4 Å². The summed E-state index contributed by atoms with van der Waals surface area (Å²) in [5.74, 6) is 1.78. The van der Waals surface area contributed by atoms with Crippen LogP contribution in [0.25, 0.3) is 43.6 Å². The van der Waals surface area contributed by atoms with E-state index in [0.717, 1.165) is 37.4 Å². The number of halogens is 2. The summed E-state index contributed by atoms with van der Waals surface area (Å²) in [7, 11) is 7.75. The fourth-order valence-corrected chi connectivity index (χ4v) is 6.23. The molecule has 0 amide bonds. The van der Waals surface area contributed by atoms with E-state index in [1.807, 2.05) is 12.1 Å².